The van der Waals surface area contributed by atoms with Crippen molar-refractivity contribution in [3.8, 4) is 0 Å². The maximum absolute atomic E-state index is 12.1. The Hall–Kier alpha value is -3.46. The summed E-state index contributed by atoms with van der Waals surface area (Å²) in [6.07, 6.45) is 1.46. The number of carbonyl (C=O) groups excluding carboxylic acids is 2. The van der Waals surface area contributed by atoms with Crippen molar-refractivity contribution in [1.29, 1.82) is 0 Å². The first kappa shape index (κ1) is 18.9. The number of hydrogen-bond donors (Lipinski definition) is 2. The molecule has 4 rings (SSSR count). The highest BCUT2D eigenvalue weighted by atomic mass is 32.1. The Bertz CT molecular complexity index is 1240. The Kier molecular flexibility index (Phi) is 4.89. The number of hydrogen-bond acceptors (Lipinski definition) is 7. The predicted molar refractivity (Wildman–Crippen MR) is 113 cm³/mol. The molecule has 0 aliphatic rings. The standard InChI is InChI=1S/C20H19N5O3S/c1-4-28-19(26)16-9-14-17(29-16)18(23-10-22-14)24-13-5-6-15-12(8-13)7-11(2)25(15)20(27)21-3/h5-10H,4H2,1-3H3,(H,21,27)(H,22,23,24). The second-order valence-corrected chi connectivity index (χ2v) is 7.39. The van der Waals surface area contributed by atoms with E-state index in [1.807, 2.05) is 31.2 Å². The van der Waals surface area contributed by atoms with Gasteiger partial charge in [0.2, 0.25) is 0 Å². The molecule has 9 heteroatoms. The van der Waals surface area contributed by atoms with Crippen LogP contribution in [0.25, 0.3) is 21.1 Å². The molecule has 0 saturated carbocycles. The molecular weight excluding hydrogens is 390 g/mol. The van der Waals surface area contributed by atoms with Gasteiger partial charge in [0, 0.05) is 23.8 Å². The van der Waals surface area contributed by atoms with Crippen LogP contribution in [0.15, 0.2) is 36.7 Å². The highest BCUT2D eigenvalue weighted by Gasteiger charge is 2.16. The maximum atomic E-state index is 12.1. The van der Waals surface area contributed by atoms with Gasteiger partial charge in [0.1, 0.15) is 11.2 Å². The van der Waals surface area contributed by atoms with E-state index in [-0.39, 0.29) is 12.0 Å². The summed E-state index contributed by atoms with van der Waals surface area (Å²) < 4.78 is 7.48. The highest BCUT2D eigenvalue weighted by molar-refractivity contribution is 7.21. The summed E-state index contributed by atoms with van der Waals surface area (Å²) in [5, 5.41) is 6.87. The molecular formula is C20H19N5O3S. The number of nitrogens with zero attached hydrogens (tertiary/aromatic N) is 3. The van der Waals surface area contributed by atoms with Crippen molar-refractivity contribution in [2.75, 3.05) is 19.0 Å². The van der Waals surface area contributed by atoms with Gasteiger partial charge >= 0.3 is 12.0 Å². The predicted octanol–water partition coefficient (Wildman–Crippen LogP) is 4.06. The van der Waals surface area contributed by atoms with Crippen LogP contribution in [-0.4, -0.2) is 40.2 Å². The van der Waals surface area contributed by atoms with Crippen LogP contribution < -0.4 is 10.6 Å². The number of aryl methyl sites for hydroxylation is 1. The largest absolute Gasteiger partial charge is 0.462 e. The summed E-state index contributed by atoms with van der Waals surface area (Å²) in [6.45, 7) is 3.98. The van der Waals surface area contributed by atoms with Crippen LogP contribution in [0.1, 0.15) is 22.3 Å². The first-order valence-corrected chi connectivity index (χ1v) is 9.86. The smallest absolute Gasteiger partial charge is 0.348 e. The molecule has 0 unspecified atom stereocenters. The van der Waals surface area contributed by atoms with Crippen molar-refractivity contribution in [3.05, 3.63) is 47.2 Å². The van der Waals surface area contributed by atoms with E-state index in [0.717, 1.165) is 27.0 Å². The normalized spacial score (nSPS) is 11.0. The van der Waals surface area contributed by atoms with Gasteiger partial charge in [-0.25, -0.2) is 19.6 Å². The lowest BCUT2D eigenvalue weighted by Gasteiger charge is -2.08. The van der Waals surface area contributed by atoms with Crippen molar-refractivity contribution in [2.24, 2.45) is 0 Å². The first-order chi connectivity index (χ1) is 14.0. The van der Waals surface area contributed by atoms with Gasteiger partial charge in [0.05, 0.1) is 22.3 Å². The Morgan fingerprint density at radius 2 is 2.03 bits per heavy atom. The number of anilines is 2. The molecule has 0 radical (unpaired) electrons. The van der Waals surface area contributed by atoms with Crippen molar-refractivity contribution in [2.45, 2.75) is 13.8 Å². The van der Waals surface area contributed by atoms with Crippen LogP contribution in [0.4, 0.5) is 16.3 Å². The fourth-order valence-corrected chi connectivity index (χ4v) is 4.14. The highest BCUT2D eigenvalue weighted by Crippen LogP contribution is 2.32. The number of carbonyl (C=O) groups is 2. The summed E-state index contributed by atoms with van der Waals surface area (Å²) in [6, 6.07) is 9.21. The van der Waals surface area contributed by atoms with Crippen LogP contribution in [0.2, 0.25) is 0 Å². The first-order valence-electron chi connectivity index (χ1n) is 9.04. The Morgan fingerprint density at radius 3 is 2.79 bits per heavy atom. The lowest BCUT2D eigenvalue weighted by atomic mass is 10.2. The van der Waals surface area contributed by atoms with Gasteiger partial charge in [-0.1, -0.05) is 0 Å². The molecule has 1 aromatic carbocycles. The molecule has 0 aliphatic carbocycles. The molecule has 1 amide bonds. The third-order valence-electron chi connectivity index (χ3n) is 4.45. The molecule has 0 spiro atoms. The van der Waals surface area contributed by atoms with Crippen LogP contribution in [0.3, 0.4) is 0 Å². The van der Waals surface area contributed by atoms with Crippen molar-refractivity contribution in [1.82, 2.24) is 19.9 Å². The SMILES string of the molecule is CCOC(=O)c1cc2ncnc(Nc3ccc4c(c3)cc(C)n4C(=O)NC)c2s1. The van der Waals surface area contributed by atoms with Crippen LogP contribution >= 0.6 is 11.3 Å². The number of rotatable bonds is 4. The topological polar surface area (TPSA) is 98.1 Å². The van der Waals surface area contributed by atoms with Crippen molar-refractivity contribution < 1.29 is 14.3 Å². The minimum Gasteiger partial charge on any atom is -0.462 e. The van der Waals surface area contributed by atoms with Crippen LogP contribution in [-0.2, 0) is 4.74 Å². The van der Waals surface area contributed by atoms with E-state index in [9.17, 15) is 9.59 Å². The number of benzene rings is 1. The van der Waals surface area contributed by atoms with Gasteiger partial charge in [0.15, 0.2) is 5.82 Å². The third-order valence-corrected chi connectivity index (χ3v) is 5.56. The monoisotopic (exact) mass is 409 g/mol. The molecule has 0 bridgehead atoms. The lowest BCUT2D eigenvalue weighted by molar-refractivity contribution is 0.0532. The van der Waals surface area contributed by atoms with Gasteiger partial charge in [-0.2, -0.15) is 0 Å². The molecule has 29 heavy (non-hydrogen) atoms. The number of fused-ring (bicyclic) bond motifs is 2. The van der Waals surface area contributed by atoms with Crippen LogP contribution in [0.5, 0.6) is 0 Å². The molecule has 148 valence electrons. The zero-order chi connectivity index (χ0) is 20.5. The zero-order valence-electron chi connectivity index (χ0n) is 16.1. The maximum Gasteiger partial charge on any atom is 0.348 e. The Morgan fingerprint density at radius 1 is 1.21 bits per heavy atom. The zero-order valence-corrected chi connectivity index (χ0v) is 17.0. The summed E-state index contributed by atoms with van der Waals surface area (Å²) >= 11 is 1.29. The van der Waals surface area contributed by atoms with E-state index < -0.39 is 0 Å². The minimum atomic E-state index is -0.367. The Balaban J connectivity index is 1.70. The molecule has 3 aromatic heterocycles. The van der Waals surface area contributed by atoms with Gasteiger partial charge < -0.3 is 15.4 Å². The van der Waals surface area contributed by atoms with E-state index in [1.165, 1.54) is 17.7 Å². The average Bonchev–Trinajstić information content (AvgIpc) is 3.28. The molecule has 0 fully saturated rings. The summed E-state index contributed by atoms with van der Waals surface area (Å²) in [5.74, 6) is 0.242. The summed E-state index contributed by atoms with van der Waals surface area (Å²) in [7, 11) is 1.61. The third kappa shape index (κ3) is 3.40. The number of ether oxygens (including phenoxy) is 1. The quantitative estimate of drug-likeness (QED) is 0.493. The van der Waals surface area contributed by atoms with E-state index >= 15 is 0 Å². The molecule has 8 nitrogen and oxygen atoms in total. The fraction of sp³-hybridized carbons (Fsp3) is 0.200. The Labute approximate surface area is 170 Å². The number of thiophene rings is 1. The molecule has 3 heterocycles. The number of esters is 1. The molecule has 4 aromatic rings. The summed E-state index contributed by atoms with van der Waals surface area (Å²) in [4.78, 5) is 33.2. The van der Waals surface area contributed by atoms with Crippen molar-refractivity contribution in [3.63, 3.8) is 0 Å². The van der Waals surface area contributed by atoms with Gasteiger partial charge in [-0.3, -0.25) is 4.57 Å². The number of amides is 1. The molecule has 0 aliphatic heterocycles. The van der Waals surface area contributed by atoms with E-state index in [0.29, 0.717) is 22.8 Å². The van der Waals surface area contributed by atoms with E-state index in [1.54, 1.807) is 24.6 Å². The van der Waals surface area contributed by atoms with Gasteiger partial charge in [-0.15, -0.1) is 11.3 Å². The lowest BCUT2D eigenvalue weighted by Crippen LogP contribution is -2.25. The van der Waals surface area contributed by atoms with Gasteiger partial charge in [-0.05, 0) is 44.2 Å². The van der Waals surface area contributed by atoms with E-state index in [4.69, 9.17) is 4.74 Å². The van der Waals surface area contributed by atoms with Crippen LogP contribution in [0, 0.1) is 6.92 Å². The second kappa shape index (κ2) is 7.51. The second-order valence-electron chi connectivity index (χ2n) is 6.34. The van der Waals surface area contributed by atoms with Gasteiger partial charge in [0.25, 0.3) is 0 Å². The molecule has 0 atom stereocenters. The number of nitrogens with one attached hydrogen (secondary N) is 2. The fourth-order valence-electron chi connectivity index (χ4n) is 3.20. The summed E-state index contributed by atoms with van der Waals surface area (Å²) in [5.41, 5.74) is 3.16. The van der Waals surface area contributed by atoms with E-state index in [2.05, 4.69) is 20.6 Å². The molecule has 2 N–H and O–H groups in total. The minimum absolute atomic E-state index is 0.180. The number of aromatic nitrogens is 3. The molecule has 0 saturated heterocycles. The van der Waals surface area contributed by atoms with Crippen molar-refractivity contribution >= 4 is 56.0 Å². The average molecular weight is 409 g/mol.